The molecule has 0 aliphatic heterocycles. The molecule has 0 aromatic carbocycles. The quantitative estimate of drug-likeness (QED) is 0.743. The summed E-state index contributed by atoms with van der Waals surface area (Å²) in [6.07, 6.45) is 5.65. The van der Waals surface area contributed by atoms with Crippen molar-refractivity contribution in [2.75, 3.05) is 5.75 Å². The number of aldehydes is 1. The van der Waals surface area contributed by atoms with Gasteiger partial charge in [-0.15, -0.1) is 0 Å². The predicted octanol–water partition coefficient (Wildman–Crippen LogP) is 2.53. The Kier molecular flexibility index (Phi) is 3.93. The predicted molar refractivity (Wildman–Crippen MR) is 62.8 cm³/mol. The van der Waals surface area contributed by atoms with E-state index in [1.807, 2.05) is 0 Å². The van der Waals surface area contributed by atoms with Crippen LogP contribution in [0.1, 0.15) is 42.0 Å². The smallest absolute Gasteiger partial charge is 0.185 e. The number of rotatable bonds is 5. The lowest BCUT2D eigenvalue weighted by Crippen LogP contribution is -2.09. The molecule has 1 atom stereocenters. The minimum atomic E-state index is -0.859. The monoisotopic (exact) mass is 240 g/mol. The van der Waals surface area contributed by atoms with Crippen molar-refractivity contribution in [1.29, 1.82) is 0 Å². The summed E-state index contributed by atoms with van der Waals surface area (Å²) in [6, 6.07) is 3.35. The van der Waals surface area contributed by atoms with E-state index >= 15 is 0 Å². The van der Waals surface area contributed by atoms with Gasteiger partial charge in [0.1, 0.15) is 5.76 Å². The summed E-state index contributed by atoms with van der Waals surface area (Å²) in [7, 11) is -0.859. The normalized spacial score (nSPS) is 18.8. The highest BCUT2D eigenvalue weighted by Crippen LogP contribution is 2.25. The van der Waals surface area contributed by atoms with Gasteiger partial charge in [-0.3, -0.25) is 9.00 Å². The molecule has 1 fully saturated rings. The minimum absolute atomic E-state index is 0.313. The number of carbonyl (C=O) groups excluding carboxylic acids is 1. The van der Waals surface area contributed by atoms with Crippen molar-refractivity contribution in [3.63, 3.8) is 0 Å². The zero-order valence-corrected chi connectivity index (χ0v) is 10.0. The first-order valence-corrected chi connectivity index (χ1v) is 7.15. The van der Waals surface area contributed by atoms with Gasteiger partial charge < -0.3 is 4.42 Å². The molecule has 0 saturated heterocycles. The van der Waals surface area contributed by atoms with Gasteiger partial charge in [-0.05, 0) is 30.9 Å². The molecule has 0 bridgehead atoms. The van der Waals surface area contributed by atoms with Gasteiger partial charge in [-0.25, -0.2) is 0 Å². The van der Waals surface area contributed by atoms with Gasteiger partial charge in [0.05, 0.1) is 5.75 Å². The molecule has 1 aromatic rings. The molecule has 4 heteroatoms. The Labute approximate surface area is 97.7 Å². The van der Waals surface area contributed by atoms with Gasteiger partial charge in [0.25, 0.3) is 0 Å². The van der Waals surface area contributed by atoms with Crippen molar-refractivity contribution in [3.8, 4) is 0 Å². The van der Waals surface area contributed by atoms with Crippen LogP contribution >= 0.6 is 0 Å². The molecule has 2 rings (SSSR count). The lowest BCUT2D eigenvalue weighted by Gasteiger charge is -2.06. The molecule has 1 aliphatic rings. The highest BCUT2D eigenvalue weighted by molar-refractivity contribution is 7.84. The first-order chi connectivity index (χ1) is 7.78. The molecular formula is C12H16O3S. The first-order valence-electron chi connectivity index (χ1n) is 5.67. The van der Waals surface area contributed by atoms with E-state index in [0.29, 0.717) is 29.5 Å². The van der Waals surface area contributed by atoms with Crippen LogP contribution in [0.2, 0.25) is 0 Å². The maximum atomic E-state index is 11.8. The summed E-state index contributed by atoms with van der Waals surface area (Å²) in [4.78, 5) is 10.4. The van der Waals surface area contributed by atoms with Gasteiger partial charge in [0, 0.05) is 16.6 Å². The van der Waals surface area contributed by atoms with Crippen LogP contribution in [0, 0.1) is 5.92 Å². The van der Waals surface area contributed by atoms with Crippen LogP contribution < -0.4 is 0 Å². The highest BCUT2D eigenvalue weighted by atomic mass is 32.2. The fourth-order valence-electron chi connectivity index (χ4n) is 2.19. The lowest BCUT2D eigenvalue weighted by atomic mass is 10.1. The van der Waals surface area contributed by atoms with Crippen LogP contribution in [-0.4, -0.2) is 16.2 Å². The van der Waals surface area contributed by atoms with Crippen LogP contribution in [0.4, 0.5) is 0 Å². The standard InChI is InChI=1S/C12H16O3S/c13-7-11-5-6-12(15-11)9-16(14)8-10-3-1-2-4-10/h5-7,10H,1-4,8-9H2. The summed E-state index contributed by atoms with van der Waals surface area (Å²) in [5.74, 6) is 2.80. The number of hydrogen-bond donors (Lipinski definition) is 0. The average Bonchev–Trinajstić information content (AvgIpc) is 2.89. The van der Waals surface area contributed by atoms with E-state index in [1.165, 1.54) is 25.7 Å². The van der Waals surface area contributed by atoms with Crippen LogP contribution in [0.25, 0.3) is 0 Å². The molecule has 0 radical (unpaired) electrons. The van der Waals surface area contributed by atoms with Crippen molar-refractivity contribution in [2.45, 2.75) is 31.4 Å². The SMILES string of the molecule is O=Cc1ccc(CS(=O)CC2CCCC2)o1. The second-order valence-corrected chi connectivity index (χ2v) is 5.82. The summed E-state index contributed by atoms with van der Waals surface area (Å²) < 4.78 is 17.0. The van der Waals surface area contributed by atoms with Crippen molar-refractivity contribution in [1.82, 2.24) is 0 Å². The molecule has 3 nitrogen and oxygen atoms in total. The van der Waals surface area contributed by atoms with Crippen LogP contribution in [0.5, 0.6) is 0 Å². The van der Waals surface area contributed by atoms with E-state index in [-0.39, 0.29) is 0 Å². The molecule has 0 spiro atoms. The Hall–Kier alpha value is -0.900. The van der Waals surface area contributed by atoms with Crippen molar-refractivity contribution >= 4 is 17.1 Å². The number of carbonyl (C=O) groups is 1. The molecule has 0 N–H and O–H groups in total. The third-order valence-corrected chi connectivity index (χ3v) is 4.45. The second kappa shape index (κ2) is 5.43. The lowest BCUT2D eigenvalue weighted by molar-refractivity contribution is 0.109. The van der Waals surface area contributed by atoms with Crippen molar-refractivity contribution < 1.29 is 13.4 Å². The average molecular weight is 240 g/mol. The summed E-state index contributed by atoms with van der Waals surface area (Å²) in [5, 5.41) is 0. The van der Waals surface area contributed by atoms with Gasteiger partial charge in [0.2, 0.25) is 0 Å². The third-order valence-electron chi connectivity index (χ3n) is 3.00. The highest BCUT2D eigenvalue weighted by Gasteiger charge is 2.18. The third kappa shape index (κ3) is 3.04. The molecule has 88 valence electrons. The van der Waals surface area contributed by atoms with Gasteiger partial charge in [-0.1, -0.05) is 12.8 Å². The van der Waals surface area contributed by atoms with Gasteiger partial charge >= 0.3 is 0 Å². The Morgan fingerprint density at radius 1 is 1.38 bits per heavy atom. The number of hydrogen-bond acceptors (Lipinski definition) is 3. The Morgan fingerprint density at radius 3 is 2.75 bits per heavy atom. The minimum Gasteiger partial charge on any atom is -0.457 e. The molecule has 1 heterocycles. The van der Waals surface area contributed by atoms with E-state index < -0.39 is 10.8 Å². The molecule has 1 saturated carbocycles. The second-order valence-electron chi connectivity index (χ2n) is 4.32. The molecule has 1 aromatic heterocycles. The Bertz CT molecular complexity index is 377. The maximum absolute atomic E-state index is 11.8. The van der Waals surface area contributed by atoms with Gasteiger partial charge in [0.15, 0.2) is 12.0 Å². The van der Waals surface area contributed by atoms with Gasteiger partial charge in [-0.2, -0.15) is 0 Å². The zero-order valence-electron chi connectivity index (χ0n) is 9.19. The summed E-state index contributed by atoms with van der Waals surface area (Å²) in [5.41, 5.74) is 0. The van der Waals surface area contributed by atoms with E-state index in [9.17, 15) is 9.00 Å². The van der Waals surface area contributed by atoms with E-state index in [4.69, 9.17) is 4.42 Å². The fourth-order valence-corrected chi connectivity index (χ4v) is 3.64. The topological polar surface area (TPSA) is 47.3 Å². The van der Waals surface area contributed by atoms with Crippen LogP contribution in [0.3, 0.4) is 0 Å². The largest absolute Gasteiger partial charge is 0.457 e. The van der Waals surface area contributed by atoms with Crippen LogP contribution in [-0.2, 0) is 16.6 Å². The molecular weight excluding hydrogens is 224 g/mol. The Balaban J connectivity index is 1.84. The number of furan rings is 1. The van der Waals surface area contributed by atoms with E-state index in [0.717, 1.165) is 5.75 Å². The van der Waals surface area contributed by atoms with Crippen molar-refractivity contribution in [3.05, 3.63) is 23.7 Å². The first kappa shape index (κ1) is 11.6. The summed E-state index contributed by atoms with van der Waals surface area (Å²) >= 11 is 0. The fraction of sp³-hybridized carbons (Fsp3) is 0.583. The van der Waals surface area contributed by atoms with E-state index in [2.05, 4.69) is 0 Å². The maximum Gasteiger partial charge on any atom is 0.185 e. The zero-order chi connectivity index (χ0) is 11.4. The molecule has 0 amide bonds. The molecule has 1 aliphatic carbocycles. The summed E-state index contributed by atoms with van der Waals surface area (Å²) in [6.45, 7) is 0. The molecule has 16 heavy (non-hydrogen) atoms. The molecule has 1 unspecified atom stereocenters. The Morgan fingerprint density at radius 2 is 2.12 bits per heavy atom. The van der Waals surface area contributed by atoms with E-state index in [1.54, 1.807) is 12.1 Å². The van der Waals surface area contributed by atoms with Crippen LogP contribution in [0.15, 0.2) is 16.5 Å². The van der Waals surface area contributed by atoms with Crippen molar-refractivity contribution in [2.24, 2.45) is 5.92 Å².